The van der Waals surface area contributed by atoms with E-state index in [9.17, 15) is 9.50 Å². The van der Waals surface area contributed by atoms with Gasteiger partial charge in [-0.25, -0.2) is 4.39 Å². The Bertz CT molecular complexity index is 327. The van der Waals surface area contributed by atoms with E-state index in [0.717, 1.165) is 6.20 Å². The molecule has 0 amide bonds. The molecule has 3 N–H and O–H groups in total. The first-order valence-electron chi connectivity index (χ1n) is 5.13. The van der Waals surface area contributed by atoms with Gasteiger partial charge < -0.3 is 15.5 Å². The zero-order valence-corrected chi connectivity index (χ0v) is 9.44. The fourth-order valence-electron chi connectivity index (χ4n) is 1.18. The maximum absolute atomic E-state index is 12.6. The third kappa shape index (κ3) is 3.84. The molecule has 0 bridgehead atoms. The third-order valence-electron chi connectivity index (χ3n) is 2.32. The lowest BCUT2D eigenvalue weighted by atomic mass is 10.1. The number of nitrogens with one attached hydrogen (secondary N) is 1. The average Bonchev–Trinajstić information content (AvgIpc) is 2.27. The molecule has 0 aliphatic rings. The first kappa shape index (κ1) is 13.0. The van der Waals surface area contributed by atoms with Gasteiger partial charge in [0.2, 0.25) is 0 Å². The quantitative estimate of drug-likeness (QED) is 0.691. The van der Waals surface area contributed by atoms with E-state index in [0.29, 0.717) is 5.69 Å². The van der Waals surface area contributed by atoms with Crippen molar-refractivity contribution < 1.29 is 14.6 Å². The van der Waals surface area contributed by atoms with Crippen LogP contribution >= 0.6 is 0 Å². The molecule has 0 spiro atoms. The van der Waals surface area contributed by atoms with Gasteiger partial charge in [-0.1, -0.05) is 0 Å². The number of aliphatic hydroxyl groups is 2. The highest BCUT2D eigenvalue weighted by atomic mass is 19.1. The summed E-state index contributed by atoms with van der Waals surface area (Å²) in [6.07, 6.45) is 1.15. The maximum Gasteiger partial charge on any atom is 0.141 e. The number of pyridine rings is 1. The molecule has 4 nitrogen and oxygen atoms in total. The Morgan fingerprint density at radius 3 is 2.75 bits per heavy atom. The molecule has 0 aromatic carbocycles. The predicted molar refractivity (Wildman–Crippen MR) is 58.3 cm³/mol. The van der Waals surface area contributed by atoms with E-state index >= 15 is 0 Å². The van der Waals surface area contributed by atoms with E-state index in [1.54, 1.807) is 6.07 Å². The van der Waals surface area contributed by atoms with Crippen LogP contribution in [0.25, 0.3) is 0 Å². The molecule has 5 heteroatoms. The van der Waals surface area contributed by atoms with Crippen molar-refractivity contribution >= 4 is 0 Å². The van der Waals surface area contributed by atoms with Gasteiger partial charge >= 0.3 is 0 Å². The number of hydrogen-bond acceptors (Lipinski definition) is 4. The number of halogens is 1. The summed E-state index contributed by atoms with van der Waals surface area (Å²) >= 11 is 0. The highest BCUT2D eigenvalue weighted by Gasteiger charge is 2.20. The van der Waals surface area contributed by atoms with Crippen molar-refractivity contribution in [2.45, 2.75) is 25.5 Å². The lowest BCUT2D eigenvalue weighted by Gasteiger charge is -2.23. The van der Waals surface area contributed by atoms with Gasteiger partial charge in [0.15, 0.2) is 0 Å². The maximum atomic E-state index is 12.6. The number of rotatable bonds is 5. The summed E-state index contributed by atoms with van der Waals surface area (Å²) < 4.78 is 12.6. The van der Waals surface area contributed by atoms with E-state index in [4.69, 9.17) is 5.11 Å². The van der Waals surface area contributed by atoms with E-state index in [-0.39, 0.29) is 25.0 Å². The van der Waals surface area contributed by atoms with Gasteiger partial charge in [0.1, 0.15) is 5.82 Å². The van der Waals surface area contributed by atoms with Crippen LogP contribution in [-0.2, 0) is 0 Å². The van der Waals surface area contributed by atoms with Crippen molar-refractivity contribution in [3.05, 3.63) is 29.8 Å². The van der Waals surface area contributed by atoms with E-state index in [1.165, 1.54) is 13.0 Å². The first-order valence-corrected chi connectivity index (χ1v) is 5.13. The van der Waals surface area contributed by atoms with Crippen LogP contribution in [0.1, 0.15) is 25.6 Å². The molecule has 2 atom stereocenters. The Kier molecular flexibility index (Phi) is 4.35. The number of nitrogens with zero attached hydrogens (tertiary/aromatic N) is 1. The average molecular weight is 228 g/mol. The van der Waals surface area contributed by atoms with Gasteiger partial charge in [0, 0.05) is 12.6 Å². The SMILES string of the molecule is CC(NCC(C)(O)CO)c1ccc(F)cn1. The highest BCUT2D eigenvalue weighted by Crippen LogP contribution is 2.10. The second kappa shape index (κ2) is 5.34. The molecule has 90 valence electrons. The molecular formula is C11H17FN2O2. The zero-order chi connectivity index (χ0) is 12.2. The van der Waals surface area contributed by atoms with Crippen molar-refractivity contribution in [2.24, 2.45) is 0 Å². The van der Waals surface area contributed by atoms with Crippen LogP contribution in [0.4, 0.5) is 4.39 Å². The Hall–Kier alpha value is -1.04. The lowest BCUT2D eigenvalue weighted by Crippen LogP contribution is -2.41. The van der Waals surface area contributed by atoms with E-state index < -0.39 is 5.60 Å². The molecule has 1 aromatic rings. The van der Waals surface area contributed by atoms with Crippen LogP contribution in [0.2, 0.25) is 0 Å². The lowest BCUT2D eigenvalue weighted by molar-refractivity contribution is 0.000977. The standard InChI is InChI=1S/C11H17FN2O2/c1-8(14-6-11(2,16)7-15)10-4-3-9(12)5-13-10/h3-5,8,14-16H,6-7H2,1-2H3. The van der Waals surface area contributed by atoms with Crippen molar-refractivity contribution in [1.82, 2.24) is 10.3 Å². The van der Waals surface area contributed by atoms with Crippen LogP contribution in [0, 0.1) is 5.82 Å². The largest absolute Gasteiger partial charge is 0.393 e. The van der Waals surface area contributed by atoms with Crippen LogP contribution in [-0.4, -0.2) is 33.9 Å². The summed E-state index contributed by atoms with van der Waals surface area (Å²) in [7, 11) is 0. The molecule has 2 unspecified atom stereocenters. The predicted octanol–water partition coefficient (Wildman–Crippen LogP) is 0.615. The normalized spacial score (nSPS) is 16.8. The van der Waals surface area contributed by atoms with Crippen molar-refractivity contribution in [2.75, 3.05) is 13.2 Å². The molecule has 1 aromatic heterocycles. The number of aromatic nitrogens is 1. The first-order chi connectivity index (χ1) is 7.44. The molecule has 0 fully saturated rings. The second-order valence-corrected chi connectivity index (χ2v) is 4.16. The third-order valence-corrected chi connectivity index (χ3v) is 2.32. The summed E-state index contributed by atoms with van der Waals surface area (Å²) in [6.45, 7) is 3.31. The van der Waals surface area contributed by atoms with Crippen LogP contribution in [0.3, 0.4) is 0 Å². The molecule has 0 aliphatic heterocycles. The Labute approximate surface area is 94.1 Å². The van der Waals surface area contributed by atoms with Crippen LogP contribution in [0.5, 0.6) is 0 Å². The minimum Gasteiger partial charge on any atom is -0.393 e. The Balaban J connectivity index is 2.53. The smallest absolute Gasteiger partial charge is 0.141 e. The molecule has 0 saturated carbocycles. The molecule has 1 rings (SSSR count). The van der Waals surface area contributed by atoms with Crippen LogP contribution in [0.15, 0.2) is 18.3 Å². The summed E-state index contributed by atoms with van der Waals surface area (Å²) in [5, 5.41) is 21.4. The number of hydrogen-bond donors (Lipinski definition) is 3. The second-order valence-electron chi connectivity index (χ2n) is 4.16. The minimum atomic E-state index is -1.16. The van der Waals surface area contributed by atoms with E-state index in [1.807, 2.05) is 6.92 Å². The van der Waals surface area contributed by atoms with Gasteiger partial charge in [0.25, 0.3) is 0 Å². The van der Waals surface area contributed by atoms with Gasteiger partial charge in [-0.2, -0.15) is 0 Å². The van der Waals surface area contributed by atoms with Gasteiger partial charge in [-0.3, -0.25) is 4.98 Å². The van der Waals surface area contributed by atoms with Gasteiger partial charge in [-0.05, 0) is 26.0 Å². The minimum absolute atomic E-state index is 0.112. The topological polar surface area (TPSA) is 65.4 Å². The molecular weight excluding hydrogens is 211 g/mol. The van der Waals surface area contributed by atoms with Crippen molar-refractivity contribution in [3.63, 3.8) is 0 Å². The Morgan fingerprint density at radius 1 is 1.56 bits per heavy atom. The zero-order valence-electron chi connectivity index (χ0n) is 9.44. The highest BCUT2D eigenvalue weighted by molar-refractivity contribution is 5.09. The summed E-state index contributed by atoms with van der Waals surface area (Å²) in [6, 6.07) is 2.81. The van der Waals surface area contributed by atoms with Crippen molar-refractivity contribution in [3.8, 4) is 0 Å². The number of aliphatic hydroxyl groups excluding tert-OH is 1. The molecule has 16 heavy (non-hydrogen) atoms. The fourth-order valence-corrected chi connectivity index (χ4v) is 1.18. The van der Waals surface area contributed by atoms with Gasteiger partial charge in [0.05, 0.1) is 24.1 Å². The van der Waals surface area contributed by atoms with Crippen molar-refractivity contribution in [1.29, 1.82) is 0 Å². The summed E-state index contributed by atoms with van der Waals surface area (Å²) in [4.78, 5) is 3.92. The summed E-state index contributed by atoms with van der Waals surface area (Å²) in [5.74, 6) is -0.377. The molecule has 0 saturated heterocycles. The molecule has 0 radical (unpaired) electrons. The molecule has 1 heterocycles. The fraction of sp³-hybridized carbons (Fsp3) is 0.545. The Morgan fingerprint density at radius 2 is 2.25 bits per heavy atom. The molecule has 0 aliphatic carbocycles. The monoisotopic (exact) mass is 228 g/mol. The summed E-state index contributed by atoms with van der Waals surface area (Å²) in [5.41, 5.74) is -0.468. The van der Waals surface area contributed by atoms with Crippen LogP contribution < -0.4 is 5.32 Å². The van der Waals surface area contributed by atoms with E-state index in [2.05, 4.69) is 10.3 Å². The van der Waals surface area contributed by atoms with Gasteiger partial charge in [-0.15, -0.1) is 0 Å².